The van der Waals surface area contributed by atoms with Crippen molar-refractivity contribution in [3.63, 3.8) is 0 Å². The monoisotopic (exact) mass is 347 g/mol. The van der Waals surface area contributed by atoms with Crippen LogP contribution in [0.3, 0.4) is 0 Å². The summed E-state index contributed by atoms with van der Waals surface area (Å²) in [5.74, 6) is 0.870. The van der Waals surface area contributed by atoms with Gasteiger partial charge in [0.1, 0.15) is 6.10 Å². The average Bonchev–Trinajstić information content (AvgIpc) is 2.61. The predicted octanol–water partition coefficient (Wildman–Crippen LogP) is 0.631. The summed E-state index contributed by atoms with van der Waals surface area (Å²) >= 11 is 0. The van der Waals surface area contributed by atoms with Crippen molar-refractivity contribution in [1.29, 1.82) is 0 Å². The van der Waals surface area contributed by atoms with Crippen LogP contribution in [-0.4, -0.2) is 89.5 Å². The Morgan fingerprint density at radius 1 is 1.12 bits per heavy atom. The number of amides is 1. The molecule has 25 heavy (non-hydrogen) atoms. The predicted molar refractivity (Wildman–Crippen MR) is 95.3 cm³/mol. The summed E-state index contributed by atoms with van der Waals surface area (Å²) in [6.07, 6.45) is -0.228. The molecular formula is C18H29N5O2. The normalized spacial score (nSPS) is 23.0. The highest BCUT2D eigenvalue weighted by molar-refractivity contribution is 5.78. The van der Waals surface area contributed by atoms with Gasteiger partial charge in [-0.3, -0.25) is 9.69 Å². The van der Waals surface area contributed by atoms with Crippen LogP contribution in [-0.2, 0) is 9.53 Å². The molecule has 1 amide bonds. The smallest absolute Gasteiger partial charge is 0.236 e. The van der Waals surface area contributed by atoms with Crippen LogP contribution >= 0.6 is 0 Å². The number of aromatic nitrogens is 2. The Bertz CT molecular complexity index is 581. The first-order valence-corrected chi connectivity index (χ1v) is 9.21. The van der Waals surface area contributed by atoms with E-state index >= 15 is 0 Å². The number of piperazine rings is 1. The van der Waals surface area contributed by atoms with Gasteiger partial charge < -0.3 is 14.5 Å². The van der Waals surface area contributed by atoms with Gasteiger partial charge in [-0.25, -0.2) is 9.97 Å². The number of morpholine rings is 1. The van der Waals surface area contributed by atoms with E-state index in [-0.39, 0.29) is 12.0 Å². The first-order valence-electron chi connectivity index (χ1n) is 9.21. The quantitative estimate of drug-likeness (QED) is 0.796. The number of likely N-dealkylation sites (N-methyl/N-ethyl adjacent to an activating group) is 1. The van der Waals surface area contributed by atoms with Crippen LogP contribution in [0.1, 0.15) is 30.2 Å². The third-order valence-corrected chi connectivity index (χ3v) is 4.98. The molecule has 3 rings (SSSR count). The lowest BCUT2D eigenvalue weighted by molar-refractivity contribution is -0.140. The van der Waals surface area contributed by atoms with Crippen molar-refractivity contribution in [2.45, 2.75) is 26.9 Å². The van der Waals surface area contributed by atoms with Gasteiger partial charge in [-0.2, -0.15) is 0 Å². The van der Waals surface area contributed by atoms with E-state index in [0.29, 0.717) is 32.1 Å². The molecule has 1 aromatic heterocycles. The standard InChI is InChI=1S/C18H29N5O2/c1-4-21-5-7-22(8-6-21)13-17(24)23-9-10-25-16(12-23)18-19-14(2)11-15(3)20-18/h11,16H,4-10,12-13H2,1-3H3/t16-/m1/s1. The zero-order valence-electron chi connectivity index (χ0n) is 15.6. The molecule has 138 valence electrons. The van der Waals surface area contributed by atoms with Gasteiger partial charge in [0, 0.05) is 44.1 Å². The van der Waals surface area contributed by atoms with E-state index < -0.39 is 0 Å². The van der Waals surface area contributed by atoms with Gasteiger partial charge in [-0.15, -0.1) is 0 Å². The highest BCUT2D eigenvalue weighted by atomic mass is 16.5. The summed E-state index contributed by atoms with van der Waals surface area (Å²) in [5, 5.41) is 0. The van der Waals surface area contributed by atoms with E-state index in [1.165, 1.54) is 0 Å². The van der Waals surface area contributed by atoms with E-state index in [0.717, 1.165) is 44.1 Å². The van der Waals surface area contributed by atoms with Gasteiger partial charge in [0.2, 0.25) is 5.91 Å². The lowest BCUT2D eigenvalue weighted by atomic mass is 10.2. The van der Waals surface area contributed by atoms with Crippen molar-refractivity contribution in [2.75, 3.05) is 59.0 Å². The Morgan fingerprint density at radius 3 is 2.40 bits per heavy atom. The van der Waals surface area contributed by atoms with Gasteiger partial charge in [0.15, 0.2) is 5.82 Å². The average molecular weight is 347 g/mol. The molecule has 7 nitrogen and oxygen atoms in total. The number of hydrogen-bond acceptors (Lipinski definition) is 6. The minimum atomic E-state index is -0.228. The maximum absolute atomic E-state index is 12.7. The summed E-state index contributed by atoms with van der Waals surface area (Å²) in [7, 11) is 0. The molecule has 0 aromatic carbocycles. The number of nitrogens with zero attached hydrogens (tertiary/aromatic N) is 5. The zero-order valence-corrected chi connectivity index (χ0v) is 15.6. The number of carbonyl (C=O) groups is 1. The molecule has 0 radical (unpaired) electrons. The van der Waals surface area contributed by atoms with Crippen molar-refractivity contribution < 1.29 is 9.53 Å². The molecule has 2 saturated heterocycles. The molecular weight excluding hydrogens is 318 g/mol. The van der Waals surface area contributed by atoms with E-state index in [1.54, 1.807) is 0 Å². The van der Waals surface area contributed by atoms with Crippen molar-refractivity contribution in [1.82, 2.24) is 24.7 Å². The van der Waals surface area contributed by atoms with Crippen molar-refractivity contribution in [2.24, 2.45) is 0 Å². The third-order valence-electron chi connectivity index (χ3n) is 4.98. The zero-order chi connectivity index (χ0) is 17.8. The Balaban J connectivity index is 1.56. The molecule has 2 aliphatic rings. The second kappa shape index (κ2) is 8.21. The van der Waals surface area contributed by atoms with Crippen LogP contribution < -0.4 is 0 Å². The first kappa shape index (κ1) is 18.2. The van der Waals surface area contributed by atoms with Crippen molar-refractivity contribution in [3.8, 4) is 0 Å². The summed E-state index contributed by atoms with van der Waals surface area (Å²) in [5.41, 5.74) is 1.87. The Labute approximate surface area is 150 Å². The molecule has 1 aromatic rings. The molecule has 0 aliphatic carbocycles. The van der Waals surface area contributed by atoms with Gasteiger partial charge in [0.25, 0.3) is 0 Å². The lowest BCUT2D eigenvalue weighted by Gasteiger charge is -2.36. The highest BCUT2D eigenvalue weighted by Crippen LogP contribution is 2.20. The number of carbonyl (C=O) groups excluding carboxylic acids is 1. The fraction of sp³-hybridized carbons (Fsp3) is 0.722. The van der Waals surface area contributed by atoms with Crippen LogP contribution in [0.15, 0.2) is 6.07 Å². The van der Waals surface area contributed by atoms with E-state index in [2.05, 4.69) is 26.7 Å². The fourth-order valence-corrected chi connectivity index (χ4v) is 3.48. The van der Waals surface area contributed by atoms with Crippen LogP contribution in [0.5, 0.6) is 0 Å². The van der Waals surface area contributed by atoms with E-state index in [1.807, 2.05) is 24.8 Å². The van der Waals surface area contributed by atoms with Crippen molar-refractivity contribution >= 4 is 5.91 Å². The second-order valence-electron chi connectivity index (χ2n) is 6.92. The number of rotatable bonds is 4. The Morgan fingerprint density at radius 2 is 1.76 bits per heavy atom. The first-order chi connectivity index (χ1) is 12.0. The summed E-state index contributed by atoms with van der Waals surface area (Å²) in [4.78, 5) is 28.3. The number of aryl methyl sites for hydroxylation is 2. The van der Waals surface area contributed by atoms with Crippen LogP contribution in [0, 0.1) is 13.8 Å². The van der Waals surface area contributed by atoms with Gasteiger partial charge in [0.05, 0.1) is 19.7 Å². The van der Waals surface area contributed by atoms with Crippen molar-refractivity contribution in [3.05, 3.63) is 23.3 Å². The molecule has 1 atom stereocenters. The minimum Gasteiger partial charge on any atom is -0.367 e. The van der Waals surface area contributed by atoms with E-state index in [4.69, 9.17) is 4.74 Å². The Hall–Kier alpha value is -1.57. The molecule has 0 bridgehead atoms. The summed E-state index contributed by atoms with van der Waals surface area (Å²) in [6.45, 7) is 13.4. The maximum Gasteiger partial charge on any atom is 0.236 e. The van der Waals surface area contributed by atoms with E-state index in [9.17, 15) is 4.79 Å². The SMILES string of the molecule is CCN1CCN(CC(=O)N2CCO[C@@H](c3nc(C)cc(C)n3)C2)CC1. The fourth-order valence-electron chi connectivity index (χ4n) is 3.48. The maximum atomic E-state index is 12.7. The Kier molecular flexibility index (Phi) is 5.98. The molecule has 3 heterocycles. The van der Waals surface area contributed by atoms with Crippen LogP contribution in [0.4, 0.5) is 0 Å². The number of ether oxygens (including phenoxy) is 1. The molecule has 7 heteroatoms. The summed E-state index contributed by atoms with van der Waals surface area (Å²) < 4.78 is 5.83. The minimum absolute atomic E-state index is 0.183. The molecule has 0 unspecified atom stereocenters. The molecule has 0 spiro atoms. The van der Waals surface area contributed by atoms with Crippen LogP contribution in [0.25, 0.3) is 0 Å². The molecule has 2 aliphatic heterocycles. The molecule has 0 N–H and O–H groups in total. The van der Waals surface area contributed by atoms with Gasteiger partial charge in [-0.1, -0.05) is 6.92 Å². The van der Waals surface area contributed by atoms with Gasteiger partial charge >= 0.3 is 0 Å². The van der Waals surface area contributed by atoms with Crippen LogP contribution in [0.2, 0.25) is 0 Å². The summed E-state index contributed by atoms with van der Waals surface area (Å²) in [6, 6.07) is 1.95. The topological polar surface area (TPSA) is 61.8 Å². The number of hydrogen-bond donors (Lipinski definition) is 0. The molecule has 0 saturated carbocycles. The molecule has 2 fully saturated rings. The second-order valence-corrected chi connectivity index (χ2v) is 6.92. The largest absolute Gasteiger partial charge is 0.367 e. The lowest BCUT2D eigenvalue weighted by Crippen LogP contribution is -2.51. The highest BCUT2D eigenvalue weighted by Gasteiger charge is 2.29. The van der Waals surface area contributed by atoms with Gasteiger partial charge in [-0.05, 0) is 26.5 Å². The third kappa shape index (κ3) is 4.74.